The van der Waals surface area contributed by atoms with Gasteiger partial charge in [-0.1, -0.05) is 0 Å². The van der Waals surface area contributed by atoms with Gasteiger partial charge in [0, 0.05) is 20.6 Å². The molecule has 0 spiro atoms. The van der Waals surface area contributed by atoms with E-state index in [9.17, 15) is 0 Å². The van der Waals surface area contributed by atoms with Crippen LogP contribution < -0.4 is 11.1 Å². The summed E-state index contributed by atoms with van der Waals surface area (Å²) in [6, 6.07) is 0. The molecule has 7 heteroatoms. The molecule has 86 valence electrons. The Bertz CT molecular complexity index is 500. The molecule has 2 heterocycles. The van der Waals surface area contributed by atoms with E-state index in [1.54, 1.807) is 11.3 Å². The molecule has 0 atom stereocenters. The summed E-state index contributed by atoms with van der Waals surface area (Å²) in [5.41, 5.74) is 6.52. The zero-order valence-corrected chi connectivity index (χ0v) is 10.3. The second-order valence-corrected chi connectivity index (χ2v) is 4.47. The van der Waals surface area contributed by atoms with Crippen LogP contribution in [0, 0.1) is 6.92 Å². The lowest BCUT2D eigenvalue weighted by atomic mass is 10.4. The molecule has 2 aromatic rings. The third-order valence-corrected chi connectivity index (χ3v) is 3.49. The van der Waals surface area contributed by atoms with Gasteiger partial charge in [0.05, 0.1) is 10.6 Å². The van der Waals surface area contributed by atoms with E-state index in [1.165, 1.54) is 0 Å². The van der Waals surface area contributed by atoms with Crippen molar-refractivity contribution in [2.45, 2.75) is 13.5 Å². The van der Waals surface area contributed by atoms with Crippen LogP contribution in [0.25, 0.3) is 10.7 Å². The predicted molar refractivity (Wildman–Crippen MR) is 64.3 cm³/mol. The fraction of sp³-hybridized carbons (Fsp3) is 0.444. The molecule has 2 aromatic heterocycles. The molecule has 0 radical (unpaired) electrons. The summed E-state index contributed by atoms with van der Waals surface area (Å²) in [5.74, 6) is 1.55. The van der Waals surface area contributed by atoms with Crippen molar-refractivity contribution in [3.63, 3.8) is 0 Å². The third kappa shape index (κ3) is 1.68. The highest BCUT2D eigenvalue weighted by molar-refractivity contribution is 7.15. The molecular weight excluding hydrogens is 224 g/mol. The van der Waals surface area contributed by atoms with Gasteiger partial charge in [0.25, 0.3) is 0 Å². The largest absolute Gasteiger partial charge is 0.357 e. The normalized spacial score (nSPS) is 10.8. The fourth-order valence-corrected chi connectivity index (χ4v) is 2.46. The third-order valence-electron chi connectivity index (χ3n) is 2.32. The average Bonchev–Trinajstić information content (AvgIpc) is 2.81. The molecule has 2 rings (SSSR count). The highest BCUT2D eigenvalue weighted by atomic mass is 32.1. The van der Waals surface area contributed by atoms with Crippen molar-refractivity contribution in [1.82, 2.24) is 19.7 Å². The summed E-state index contributed by atoms with van der Waals surface area (Å²) in [6.45, 7) is 2.42. The number of nitrogens with one attached hydrogen (secondary N) is 1. The average molecular weight is 238 g/mol. The standard InChI is InChI=1S/C9H14N6S/c1-5-7(16-6(4-10)12-5)8-13-14-9(11-2)15(8)3/h4,10H2,1-3H3,(H,11,14). The molecule has 0 amide bonds. The van der Waals surface area contributed by atoms with Gasteiger partial charge in [0.1, 0.15) is 5.01 Å². The van der Waals surface area contributed by atoms with E-state index in [4.69, 9.17) is 5.73 Å². The van der Waals surface area contributed by atoms with Gasteiger partial charge in [0.15, 0.2) is 5.82 Å². The van der Waals surface area contributed by atoms with Crippen LogP contribution in [0.4, 0.5) is 5.95 Å². The van der Waals surface area contributed by atoms with Crippen molar-refractivity contribution >= 4 is 17.3 Å². The van der Waals surface area contributed by atoms with Crippen molar-refractivity contribution < 1.29 is 0 Å². The van der Waals surface area contributed by atoms with E-state index in [0.717, 1.165) is 27.4 Å². The first kappa shape index (κ1) is 11.0. The second kappa shape index (κ2) is 4.18. The van der Waals surface area contributed by atoms with Crippen LogP contribution in [0.15, 0.2) is 0 Å². The Labute approximate surface area is 97.5 Å². The van der Waals surface area contributed by atoms with Crippen LogP contribution in [0.2, 0.25) is 0 Å². The zero-order valence-electron chi connectivity index (χ0n) is 9.48. The first-order chi connectivity index (χ1) is 7.67. The van der Waals surface area contributed by atoms with Gasteiger partial charge >= 0.3 is 0 Å². The van der Waals surface area contributed by atoms with Gasteiger partial charge in [-0.2, -0.15) is 0 Å². The smallest absolute Gasteiger partial charge is 0.224 e. The topological polar surface area (TPSA) is 81.7 Å². The molecule has 0 bridgehead atoms. The molecule has 0 saturated heterocycles. The van der Waals surface area contributed by atoms with Crippen molar-refractivity contribution in [2.24, 2.45) is 12.8 Å². The number of anilines is 1. The van der Waals surface area contributed by atoms with E-state index < -0.39 is 0 Å². The molecule has 16 heavy (non-hydrogen) atoms. The first-order valence-electron chi connectivity index (χ1n) is 4.91. The van der Waals surface area contributed by atoms with Crippen molar-refractivity contribution in [1.29, 1.82) is 0 Å². The maximum absolute atomic E-state index is 5.57. The van der Waals surface area contributed by atoms with Crippen LogP contribution >= 0.6 is 11.3 Å². The summed E-state index contributed by atoms with van der Waals surface area (Å²) in [6.07, 6.45) is 0. The summed E-state index contributed by atoms with van der Waals surface area (Å²) < 4.78 is 1.90. The predicted octanol–water partition coefficient (Wildman–Crippen LogP) is 0.747. The number of thiazole rings is 1. The Morgan fingerprint density at radius 1 is 1.44 bits per heavy atom. The van der Waals surface area contributed by atoms with E-state index in [0.29, 0.717) is 6.54 Å². The highest BCUT2D eigenvalue weighted by Gasteiger charge is 2.15. The van der Waals surface area contributed by atoms with E-state index in [2.05, 4.69) is 20.5 Å². The Hall–Kier alpha value is -1.47. The molecule has 0 fully saturated rings. The van der Waals surface area contributed by atoms with Crippen LogP contribution in [-0.4, -0.2) is 26.8 Å². The Balaban J connectivity index is 2.49. The molecule has 0 saturated carbocycles. The van der Waals surface area contributed by atoms with Crippen molar-refractivity contribution in [3.8, 4) is 10.7 Å². The molecule has 3 N–H and O–H groups in total. The molecule has 0 unspecified atom stereocenters. The molecular formula is C9H14N6S. The lowest BCUT2D eigenvalue weighted by Crippen LogP contribution is -1.99. The minimum absolute atomic E-state index is 0.461. The molecule has 6 nitrogen and oxygen atoms in total. The lowest BCUT2D eigenvalue weighted by molar-refractivity contribution is 0.925. The van der Waals surface area contributed by atoms with Crippen LogP contribution in [-0.2, 0) is 13.6 Å². The van der Waals surface area contributed by atoms with Crippen LogP contribution in [0.1, 0.15) is 10.7 Å². The quantitative estimate of drug-likeness (QED) is 0.824. The SMILES string of the molecule is CNc1nnc(-c2sc(CN)nc2C)n1C. The number of rotatable bonds is 3. The maximum atomic E-state index is 5.57. The van der Waals surface area contributed by atoms with Crippen LogP contribution in [0.3, 0.4) is 0 Å². The molecule has 0 aliphatic carbocycles. The monoisotopic (exact) mass is 238 g/mol. The molecule has 0 aliphatic rings. The molecule has 0 aliphatic heterocycles. The first-order valence-corrected chi connectivity index (χ1v) is 5.73. The van der Waals surface area contributed by atoms with E-state index in [1.807, 2.05) is 25.6 Å². The summed E-state index contributed by atoms with van der Waals surface area (Å²) in [4.78, 5) is 5.40. The summed E-state index contributed by atoms with van der Waals surface area (Å²) in [5, 5.41) is 12.1. The number of nitrogens with zero attached hydrogens (tertiary/aromatic N) is 4. The van der Waals surface area contributed by atoms with Gasteiger partial charge in [0.2, 0.25) is 5.95 Å². The van der Waals surface area contributed by atoms with E-state index >= 15 is 0 Å². The number of hydrogen-bond donors (Lipinski definition) is 2. The van der Waals surface area contributed by atoms with Crippen molar-refractivity contribution in [2.75, 3.05) is 12.4 Å². The minimum Gasteiger partial charge on any atom is -0.357 e. The fourth-order valence-electron chi connectivity index (χ4n) is 1.49. The summed E-state index contributed by atoms with van der Waals surface area (Å²) >= 11 is 1.56. The van der Waals surface area contributed by atoms with E-state index in [-0.39, 0.29) is 0 Å². The summed E-state index contributed by atoms with van der Waals surface area (Å²) in [7, 11) is 3.74. The maximum Gasteiger partial charge on any atom is 0.224 e. The van der Waals surface area contributed by atoms with Crippen molar-refractivity contribution in [3.05, 3.63) is 10.7 Å². The van der Waals surface area contributed by atoms with Gasteiger partial charge in [-0.15, -0.1) is 21.5 Å². The number of hydrogen-bond acceptors (Lipinski definition) is 6. The van der Waals surface area contributed by atoms with Gasteiger partial charge in [-0.3, -0.25) is 4.57 Å². The Morgan fingerprint density at radius 2 is 2.19 bits per heavy atom. The Kier molecular flexibility index (Phi) is 2.88. The molecule has 0 aromatic carbocycles. The number of aryl methyl sites for hydroxylation is 1. The highest BCUT2D eigenvalue weighted by Crippen LogP contribution is 2.29. The van der Waals surface area contributed by atoms with Gasteiger partial charge in [-0.05, 0) is 6.92 Å². The number of aromatic nitrogens is 4. The Morgan fingerprint density at radius 3 is 2.69 bits per heavy atom. The zero-order chi connectivity index (χ0) is 11.7. The number of nitrogens with two attached hydrogens (primary N) is 1. The van der Waals surface area contributed by atoms with Gasteiger partial charge < -0.3 is 11.1 Å². The lowest BCUT2D eigenvalue weighted by Gasteiger charge is -2.00. The van der Waals surface area contributed by atoms with Gasteiger partial charge in [-0.25, -0.2) is 4.98 Å². The second-order valence-electron chi connectivity index (χ2n) is 3.38. The minimum atomic E-state index is 0.461. The van der Waals surface area contributed by atoms with Crippen LogP contribution in [0.5, 0.6) is 0 Å².